The highest BCUT2D eigenvalue weighted by atomic mass is 16.5. The zero-order valence-electron chi connectivity index (χ0n) is 17.5. The number of amides is 1. The quantitative estimate of drug-likeness (QED) is 0.585. The topological polar surface area (TPSA) is 77.6 Å². The van der Waals surface area contributed by atoms with Gasteiger partial charge in [0.25, 0.3) is 5.91 Å². The van der Waals surface area contributed by atoms with Crippen LogP contribution in [-0.2, 0) is 17.8 Å². The molecule has 158 valence electrons. The molecule has 7 heteroatoms. The minimum Gasteiger partial charge on any atom is -0.483 e. The Balaban J connectivity index is 1.47. The number of hydrogen-bond donors (Lipinski definition) is 0. The van der Waals surface area contributed by atoms with Gasteiger partial charge in [-0.2, -0.15) is 0 Å². The van der Waals surface area contributed by atoms with Crippen LogP contribution in [0, 0.1) is 12.8 Å². The first kappa shape index (κ1) is 20.2. The number of aryl methyl sites for hydroxylation is 2. The van der Waals surface area contributed by atoms with E-state index in [0.29, 0.717) is 23.7 Å². The standard InChI is InChI=1S/C23H27N3O4/c1-3-18-11-22(28)30-20-10-16(2)9-19(23(18)20)29-14-21(27)26-7-4-5-17(13-26)12-25-8-6-24-15-25/h6,8-11,15,17H,3-5,7,12-14H2,1-2H3. The zero-order chi connectivity index (χ0) is 21.1. The van der Waals surface area contributed by atoms with E-state index < -0.39 is 0 Å². The first-order chi connectivity index (χ1) is 14.5. The number of hydrogen-bond acceptors (Lipinski definition) is 5. The van der Waals surface area contributed by atoms with Crippen LogP contribution in [0.15, 0.2) is 46.1 Å². The highest BCUT2D eigenvalue weighted by molar-refractivity contribution is 5.88. The number of fused-ring (bicyclic) bond motifs is 1. The molecule has 2 aromatic heterocycles. The average molecular weight is 409 g/mol. The van der Waals surface area contributed by atoms with Crippen molar-refractivity contribution >= 4 is 16.9 Å². The fraction of sp³-hybridized carbons (Fsp3) is 0.435. The molecule has 3 heterocycles. The van der Waals surface area contributed by atoms with Gasteiger partial charge in [0.15, 0.2) is 6.61 Å². The molecule has 1 amide bonds. The van der Waals surface area contributed by atoms with Gasteiger partial charge in [-0.1, -0.05) is 6.92 Å². The van der Waals surface area contributed by atoms with Crippen molar-refractivity contribution in [2.24, 2.45) is 5.92 Å². The maximum absolute atomic E-state index is 12.9. The summed E-state index contributed by atoms with van der Waals surface area (Å²) in [5.41, 5.74) is 1.91. The van der Waals surface area contributed by atoms with Gasteiger partial charge in [0.2, 0.25) is 0 Å². The number of ether oxygens (including phenoxy) is 1. The number of piperidine rings is 1. The van der Waals surface area contributed by atoms with Crippen molar-refractivity contribution in [3.05, 3.63) is 58.5 Å². The van der Waals surface area contributed by atoms with E-state index in [1.54, 1.807) is 6.20 Å². The first-order valence-electron chi connectivity index (χ1n) is 10.5. The predicted octanol–water partition coefficient (Wildman–Crippen LogP) is 3.18. The summed E-state index contributed by atoms with van der Waals surface area (Å²) in [5, 5.41) is 0.770. The number of carbonyl (C=O) groups is 1. The van der Waals surface area contributed by atoms with Crippen LogP contribution in [0.3, 0.4) is 0 Å². The van der Waals surface area contributed by atoms with Crippen molar-refractivity contribution in [3.8, 4) is 5.75 Å². The summed E-state index contributed by atoms with van der Waals surface area (Å²) >= 11 is 0. The van der Waals surface area contributed by atoms with Gasteiger partial charge >= 0.3 is 5.63 Å². The molecule has 0 bridgehead atoms. The van der Waals surface area contributed by atoms with Crippen LogP contribution < -0.4 is 10.4 Å². The minimum atomic E-state index is -0.371. The lowest BCUT2D eigenvalue weighted by atomic mass is 9.98. The van der Waals surface area contributed by atoms with E-state index in [4.69, 9.17) is 9.15 Å². The third kappa shape index (κ3) is 4.40. The maximum Gasteiger partial charge on any atom is 0.336 e. The molecular weight excluding hydrogens is 382 g/mol. The largest absolute Gasteiger partial charge is 0.483 e. The van der Waals surface area contributed by atoms with E-state index in [2.05, 4.69) is 9.55 Å². The van der Waals surface area contributed by atoms with Gasteiger partial charge in [-0.15, -0.1) is 0 Å². The molecule has 1 saturated heterocycles. The summed E-state index contributed by atoms with van der Waals surface area (Å²) in [5.74, 6) is 0.985. The summed E-state index contributed by atoms with van der Waals surface area (Å²) in [6.07, 6.45) is 8.32. The number of aromatic nitrogens is 2. The summed E-state index contributed by atoms with van der Waals surface area (Å²) in [6.45, 7) is 6.22. The molecule has 7 nitrogen and oxygen atoms in total. The summed E-state index contributed by atoms with van der Waals surface area (Å²) in [6, 6.07) is 5.22. The molecular formula is C23H27N3O4. The van der Waals surface area contributed by atoms with Crippen molar-refractivity contribution in [2.45, 2.75) is 39.7 Å². The molecule has 1 aromatic carbocycles. The second-order valence-corrected chi connectivity index (χ2v) is 7.98. The number of carbonyl (C=O) groups excluding carboxylic acids is 1. The van der Waals surface area contributed by atoms with E-state index in [9.17, 15) is 9.59 Å². The molecule has 1 atom stereocenters. The highest BCUT2D eigenvalue weighted by Gasteiger charge is 2.24. The third-order valence-corrected chi connectivity index (χ3v) is 5.67. The normalized spacial score (nSPS) is 16.7. The van der Waals surface area contributed by atoms with Crippen molar-refractivity contribution in [1.82, 2.24) is 14.5 Å². The van der Waals surface area contributed by atoms with Crippen LogP contribution in [-0.4, -0.2) is 40.1 Å². The molecule has 0 N–H and O–H groups in total. The Labute approximate surface area is 175 Å². The molecule has 1 aliphatic heterocycles. The Morgan fingerprint density at radius 1 is 1.33 bits per heavy atom. The summed E-state index contributed by atoms with van der Waals surface area (Å²) < 4.78 is 13.4. The molecule has 30 heavy (non-hydrogen) atoms. The fourth-order valence-corrected chi connectivity index (χ4v) is 4.23. The lowest BCUT2D eigenvalue weighted by Gasteiger charge is -2.33. The van der Waals surface area contributed by atoms with Crippen molar-refractivity contribution < 1.29 is 13.9 Å². The summed E-state index contributed by atoms with van der Waals surface area (Å²) in [4.78, 5) is 30.7. The van der Waals surface area contributed by atoms with E-state index in [-0.39, 0.29) is 18.1 Å². The smallest absolute Gasteiger partial charge is 0.336 e. The van der Waals surface area contributed by atoms with Gasteiger partial charge in [-0.25, -0.2) is 9.78 Å². The van der Waals surface area contributed by atoms with Gasteiger partial charge in [0.1, 0.15) is 11.3 Å². The molecule has 4 rings (SSSR count). The number of nitrogens with zero attached hydrogens (tertiary/aromatic N) is 3. The Kier molecular flexibility index (Phi) is 5.88. The Hall–Kier alpha value is -3.09. The fourth-order valence-electron chi connectivity index (χ4n) is 4.23. The van der Waals surface area contributed by atoms with Gasteiger partial charge < -0.3 is 18.6 Å². The molecule has 0 aliphatic carbocycles. The van der Waals surface area contributed by atoms with E-state index in [1.807, 2.05) is 43.4 Å². The van der Waals surface area contributed by atoms with Crippen LogP contribution in [0.1, 0.15) is 30.9 Å². The number of imidazole rings is 1. The lowest BCUT2D eigenvalue weighted by molar-refractivity contribution is -0.135. The molecule has 1 aliphatic rings. The first-order valence-corrected chi connectivity index (χ1v) is 10.5. The Bertz CT molecular complexity index is 1090. The van der Waals surface area contributed by atoms with E-state index >= 15 is 0 Å². The highest BCUT2D eigenvalue weighted by Crippen LogP contribution is 2.30. The SMILES string of the molecule is CCc1cc(=O)oc2cc(C)cc(OCC(=O)N3CCCC(Cn4ccnc4)C3)c12. The zero-order valence-corrected chi connectivity index (χ0v) is 17.5. The molecule has 1 fully saturated rings. The minimum absolute atomic E-state index is 0.0181. The van der Waals surface area contributed by atoms with Gasteiger partial charge in [-0.3, -0.25) is 4.79 Å². The van der Waals surface area contributed by atoms with E-state index in [0.717, 1.165) is 49.0 Å². The monoisotopic (exact) mass is 409 g/mol. The van der Waals surface area contributed by atoms with Crippen LogP contribution in [0.4, 0.5) is 0 Å². The molecule has 0 radical (unpaired) electrons. The van der Waals surface area contributed by atoms with Gasteiger partial charge in [0.05, 0.1) is 11.7 Å². The van der Waals surface area contributed by atoms with Crippen LogP contribution in [0.2, 0.25) is 0 Å². The van der Waals surface area contributed by atoms with Crippen LogP contribution in [0.5, 0.6) is 5.75 Å². The molecule has 1 unspecified atom stereocenters. The van der Waals surface area contributed by atoms with Gasteiger partial charge in [-0.05, 0) is 55.4 Å². The van der Waals surface area contributed by atoms with Crippen molar-refractivity contribution in [1.29, 1.82) is 0 Å². The van der Waals surface area contributed by atoms with Crippen LogP contribution >= 0.6 is 0 Å². The van der Waals surface area contributed by atoms with Crippen molar-refractivity contribution in [2.75, 3.05) is 19.7 Å². The Morgan fingerprint density at radius 2 is 2.20 bits per heavy atom. The van der Waals surface area contributed by atoms with Crippen LogP contribution in [0.25, 0.3) is 11.0 Å². The third-order valence-electron chi connectivity index (χ3n) is 5.67. The predicted molar refractivity (Wildman–Crippen MR) is 114 cm³/mol. The molecule has 0 spiro atoms. The molecule has 0 saturated carbocycles. The second kappa shape index (κ2) is 8.73. The number of likely N-dealkylation sites (tertiary alicyclic amines) is 1. The maximum atomic E-state index is 12.9. The average Bonchev–Trinajstić information content (AvgIpc) is 3.23. The number of rotatable bonds is 6. The Morgan fingerprint density at radius 3 is 2.97 bits per heavy atom. The van der Waals surface area contributed by atoms with E-state index in [1.165, 1.54) is 6.07 Å². The number of benzene rings is 1. The van der Waals surface area contributed by atoms with Crippen molar-refractivity contribution in [3.63, 3.8) is 0 Å². The lowest BCUT2D eigenvalue weighted by Crippen LogP contribution is -2.43. The van der Waals surface area contributed by atoms with Gasteiger partial charge in [0, 0.05) is 38.1 Å². The second-order valence-electron chi connectivity index (χ2n) is 7.98. The molecule has 3 aromatic rings. The summed E-state index contributed by atoms with van der Waals surface area (Å²) in [7, 11) is 0.